The highest BCUT2D eigenvalue weighted by Gasteiger charge is 2.30. The molecule has 17 nitrogen and oxygen atoms in total. The number of carbonyl (C=O) groups excluding carboxylic acids is 4. The molecule has 5 atom stereocenters. The van der Waals surface area contributed by atoms with Gasteiger partial charge >= 0.3 is 39.5 Å². The summed E-state index contributed by atoms with van der Waals surface area (Å²) >= 11 is 0. The first-order valence-corrected chi connectivity index (χ1v) is 48.0. The third-order valence-electron chi connectivity index (χ3n) is 20.5. The fraction of sp³-hybridized carbons (Fsp3) is 0.954. The molecule has 0 aliphatic carbocycles. The number of aliphatic hydroxyl groups excluding tert-OH is 1. The Morgan fingerprint density at radius 3 is 0.642 bits per heavy atom. The van der Waals surface area contributed by atoms with Crippen molar-refractivity contribution in [2.45, 2.75) is 484 Å². The van der Waals surface area contributed by atoms with Gasteiger partial charge in [0.1, 0.15) is 19.3 Å². The maximum atomic E-state index is 13.2. The van der Waals surface area contributed by atoms with E-state index in [0.717, 1.165) is 102 Å². The zero-order valence-electron chi connectivity index (χ0n) is 69.7. The summed E-state index contributed by atoms with van der Waals surface area (Å²) in [7, 11) is -9.93. The Hall–Kier alpha value is -1.94. The largest absolute Gasteiger partial charge is 0.472 e. The number of hydrogen-bond acceptors (Lipinski definition) is 15. The van der Waals surface area contributed by atoms with Gasteiger partial charge in [-0.15, -0.1) is 0 Å². The molecule has 0 aromatic rings. The van der Waals surface area contributed by atoms with Gasteiger partial charge in [0.05, 0.1) is 26.4 Å². The van der Waals surface area contributed by atoms with E-state index in [1.165, 1.54) is 276 Å². The Morgan fingerprint density at radius 1 is 0.255 bits per heavy atom. The number of phosphoric ester groups is 2. The SMILES string of the molecule is CCCCCCCCCCCCCCCCCCCCCCCCC(=O)O[C@H](COC(=O)CCCCCCCCCCCCCCCCCCCC)COP(=O)(O)OC[C@@H](O)COP(=O)(O)OC[C@@H](COC(=O)CCCCCCCCCC(C)C)OC(=O)CCCCCCCCCCCCCCCC(C)C. The Labute approximate surface area is 651 Å². The van der Waals surface area contributed by atoms with Crippen LogP contribution in [0.15, 0.2) is 0 Å². The van der Waals surface area contributed by atoms with E-state index in [1.54, 1.807) is 0 Å². The first kappa shape index (κ1) is 104. The number of ether oxygens (including phenoxy) is 4. The van der Waals surface area contributed by atoms with Crippen molar-refractivity contribution in [1.29, 1.82) is 0 Å². The third-order valence-corrected chi connectivity index (χ3v) is 22.4. The molecular formula is C87H170O17P2. The van der Waals surface area contributed by atoms with Crippen molar-refractivity contribution in [3.8, 4) is 0 Å². The van der Waals surface area contributed by atoms with Gasteiger partial charge in [0.2, 0.25) is 0 Å². The molecule has 0 rings (SSSR count). The molecule has 2 unspecified atom stereocenters. The topological polar surface area (TPSA) is 237 Å². The van der Waals surface area contributed by atoms with Crippen LogP contribution in [0.4, 0.5) is 0 Å². The number of esters is 4. The Kier molecular flexibility index (Phi) is 76.9. The summed E-state index contributed by atoms with van der Waals surface area (Å²) in [5.41, 5.74) is 0. The average molecular weight is 1550 g/mol. The standard InChI is InChI=1S/C87H170O17P2/c1-7-9-11-13-15-17-19-21-23-25-27-28-29-30-32-34-38-42-46-52-59-65-71-86(91)103-82(75-97-84(89)69-63-57-51-45-41-37-33-31-26-24-22-20-18-16-14-12-10-8-2)77-101-105(93,94)99-73-81(88)74-100-106(95,96)102-78-83(76-98-85(90)70-64-58-54-48-50-56-62-68-80(5)6)104-87(92)72-66-60-53-47-43-39-35-36-40-44-49-55-61-67-79(3)4/h79-83,88H,7-78H2,1-6H3,(H,93,94)(H,95,96)/t81-,82-,83-/m1/s1. The van der Waals surface area contributed by atoms with E-state index < -0.39 is 97.5 Å². The molecule has 19 heteroatoms. The third kappa shape index (κ3) is 80.1. The quantitative estimate of drug-likeness (QED) is 0.0222. The predicted octanol–water partition coefficient (Wildman–Crippen LogP) is 26.6. The summed E-state index contributed by atoms with van der Waals surface area (Å²) < 4.78 is 68.9. The molecular weight excluding hydrogens is 1380 g/mol. The van der Waals surface area contributed by atoms with E-state index in [9.17, 15) is 43.2 Å². The van der Waals surface area contributed by atoms with E-state index in [2.05, 4.69) is 41.5 Å². The van der Waals surface area contributed by atoms with Gasteiger partial charge in [-0.2, -0.15) is 0 Å². The van der Waals surface area contributed by atoms with Gasteiger partial charge in [-0.3, -0.25) is 37.3 Å². The Morgan fingerprint density at radius 2 is 0.434 bits per heavy atom. The average Bonchev–Trinajstić information content (AvgIpc) is 0.904. The van der Waals surface area contributed by atoms with Gasteiger partial charge in [-0.05, 0) is 37.5 Å². The van der Waals surface area contributed by atoms with Gasteiger partial charge in [-0.1, -0.05) is 414 Å². The molecule has 630 valence electrons. The maximum Gasteiger partial charge on any atom is 0.472 e. The molecule has 106 heavy (non-hydrogen) atoms. The van der Waals surface area contributed by atoms with Crippen LogP contribution in [0.5, 0.6) is 0 Å². The minimum Gasteiger partial charge on any atom is -0.462 e. The second-order valence-corrected chi connectivity index (χ2v) is 35.1. The lowest BCUT2D eigenvalue weighted by Gasteiger charge is -2.21. The van der Waals surface area contributed by atoms with Crippen LogP contribution >= 0.6 is 15.6 Å². The van der Waals surface area contributed by atoms with Gasteiger partial charge < -0.3 is 33.8 Å². The number of rotatable bonds is 86. The minimum absolute atomic E-state index is 0.107. The highest BCUT2D eigenvalue weighted by molar-refractivity contribution is 7.47. The molecule has 0 aromatic heterocycles. The normalized spacial score (nSPS) is 13.8. The molecule has 0 fully saturated rings. The summed E-state index contributed by atoms with van der Waals surface area (Å²) in [6.07, 6.45) is 71.0. The van der Waals surface area contributed by atoms with Gasteiger partial charge in [0, 0.05) is 25.7 Å². The predicted molar refractivity (Wildman–Crippen MR) is 437 cm³/mol. The number of unbranched alkanes of at least 4 members (excludes halogenated alkanes) is 56. The van der Waals surface area contributed by atoms with Crippen molar-refractivity contribution in [3.63, 3.8) is 0 Å². The van der Waals surface area contributed by atoms with E-state index >= 15 is 0 Å². The van der Waals surface area contributed by atoms with E-state index in [0.29, 0.717) is 31.6 Å². The summed E-state index contributed by atoms with van der Waals surface area (Å²) in [6, 6.07) is 0. The second-order valence-electron chi connectivity index (χ2n) is 32.2. The Balaban J connectivity index is 5.22. The molecule has 0 aromatic carbocycles. The van der Waals surface area contributed by atoms with Crippen LogP contribution in [-0.2, 0) is 65.4 Å². The van der Waals surface area contributed by atoms with Crippen molar-refractivity contribution < 1.29 is 80.2 Å². The highest BCUT2D eigenvalue weighted by Crippen LogP contribution is 2.45. The van der Waals surface area contributed by atoms with Crippen LogP contribution in [0, 0.1) is 11.8 Å². The molecule has 0 bridgehead atoms. The summed E-state index contributed by atoms with van der Waals surface area (Å²) in [5, 5.41) is 10.7. The molecule has 0 aliphatic rings. The summed E-state index contributed by atoms with van der Waals surface area (Å²) in [6.45, 7) is 9.63. The van der Waals surface area contributed by atoms with Gasteiger partial charge in [-0.25, -0.2) is 9.13 Å². The Bertz CT molecular complexity index is 2030. The van der Waals surface area contributed by atoms with E-state index in [4.69, 9.17) is 37.0 Å². The van der Waals surface area contributed by atoms with Crippen LogP contribution in [0.25, 0.3) is 0 Å². The summed E-state index contributed by atoms with van der Waals surface area (Å²) in [5.74, 6) is -0.612. The van der Waals surface area contributed by atoms with E-state index in [-0.39, 0.29) is 25.7 Å². The van der Waals surface area contributed by atoms with Gasteiger partial charge in [0.25, 0.3) is 0 Å². The highest BCUT2D eigenvalue weighted by atomic mass is 31.2. The molecule has 0 aliphatic heterocycles. The molecule has 3 N–H and O–H groups in total. The lowest BCUT2D eigenvalue weighted by Crippen LogP contribution is -2.30. The van der Waals surface area contributed by atoms with Crippen LogP contribution in [0.2, 0.25) is 0 Å². The number of carbonyl (C=O) groups is 4. The monoisotopic (exact) mass is 1550 g/mol. The second kappa shape index (κ2) is 78.3. The zero-order chi connectivity index (χ0) is 77.8. The van der Waals surface area contributed by atoms with Crippen molar-refractivity contribution >= 4 is 39.5 Å². The molecule has 0 saturated carbocycles. The lowest BCUT2D eigenvalue weighted by molar-refractivity contribution is -0.161. The fourth-order valence-corrected chi connectivity index (χ4v) is 15.2. The lowest BCUT2D eigenvalue weighted by atomic mass is 10.0. The summed E-state index contributed by atoms with van der Waals surface area (Å²) in [4.78, 5) is 73.2. The molecule has 0 saturated heterocycles. The minimum atomic E-state index is -4.97. The fourth-order valence-electron chi connectivity index (χ4n) is 13.6. The zero-order valence-corrected chi connectivity index (χ0v) is 71.5. The first-order valence-electron chi connectivity index (χ1n) is 45.0. The van der Waals surface area contributed by atoms with Crippen LogP contribution < -0.4 is 0 Å². The van der Waals surface area contributed by atoms with Crippen molar-refractivity contribution in [3.05, 3.63) is 0 Å². The molecule has 0 spiro atoms. The van der Waals surface area contributed by atoms with Crippen LogP contribution in [-0.4, -0.2) is 96.7 Å². The number of aliphatic hydroxyl groups is 1. The maximum absolute atomic E-state index is 13.2. The number of phosphoric acid groups is 2. The first-order chi connectivity index (χ1) is 51.4. The van der Waals surface area contributed by atoms with Crippen LogP contribution in [0.1, 0.15) is 465 Å². The molecule has 0 amide bonds. The molecule has 0 radical (unpaired) electrons. The van der Waals surface area contributed by atoms with Crippen molar-refractivity contribution in [2.75, 3.05) is 39.6 Å². The molecule has 0 heterocycles. The van der Waals surface area contributed by atoms with Crippen LogP contribution in [0.3, 0.4) is 0 Å². The van der Waals surface area contributed by atoms with Gasteiger partial charge in [0.15, 0.2) is 12.2 Å². The van der Waals surface area contributed by atoms with E-state index in [1.807, 2.05) is 0 Å². The van der Waals surface area contributed by atoms with Crippen molar-refractivity contribution in [1.82, 2.24) is 0 Å². The van der Waals surface area contributed by atoms with Crippen molar-refractivity contribution in [2.24, 2.45) is 11.8 Å². The smallest absolute Gasteiger partial charge is 0.462 e. The number of hydrogen-bond donors (Lipinski definition) is 3.